The van der Waals surface area contributed by atoms with Crippen LogP contribution in [0.5, 0.6) is 0 Å². The Hall–Kier alpha value is -2.83. The number of nitrogens with one attached hydrogen (secondary N) is 1. The molecule has 2 aliphatic carbocycles. The summed E-state index contributed by atoms with van der Waals surface area (Å²) < 4.78 is 7.93. The molecule has 1 aromatic heterocycles. The van der Waals surface area contributed by atoms with Gasteiger partial charge < -0.3 is 10.1 Å². The van der Waals surface area contributed by atoms with Gasteiger partial charge in [0.25, 0.3) is 5.56 Å². The van der Waals surface area contributed by atoms with Crippen molar-refractivity contribution in [3.63, 3.8) is 0 Å². The molecule has 1 N–H and O–H groups in total. The van der Waals surface area contributed by atoms with Crippen molar-refractivity contribution in [2.75, 3.05) is 11.9 Å². The van der Waals surface area contributed by atoms with Gasteiger partial charge in [0, 0.05) is 30.4 Å². The molecule has 0 atom stereocenters. The third-order valence-electron chi connectivity index (χ3n) is 6.66. The van der Waals surface area contributed by atoms with Gasteiger partial charge in [-0.3, -0.25) is 13.9 Å². The number of aromatic nitrogens is 2. The summed E-state index contributed by atoms with van der Waals surface area (Å²) in [6, 6.07) is 6.29. The van der Waals surface area contributed by atoms with Gasteiger partial charge in [0.2, 0.25) is 0 Å². The SMILES string of the molecule is CCOC(=O)C=CCn1c(=O)c2ccc(NC3CCCCC3)cc2n(C2CCCC2)c1=O. The van der Waals surface area contributed by atoms with E-state index in [1.54, 1.807) is 6.92 Å². The average molecular weight is 440 g/mol. The first-order valence-corrected chi connectivity index (χ1v) is 12.0. The minimum Gasteiger partial charge on any atom is -0.463 e. The van der Waals surface area contributed by atoms with Crippen molar-refractivity contribution in [1.29, 1.82) is 0 Å². The van der Waals surface area contributed by atoms with Crippen molar-refractivity contribution in [2.24, 2.45) is 0 Å². The zero-order chi connectivity index (χ0) is 22.5. The number of carbonyl (C=O) groups is 1. The van der Waals surface area contributed by atoms with E-state index in [2.05, 4.69) is 5.32 Å². The monoisotopic (exact) mass is 439 g/mol. The highest BCUT2D eigenvalue weighted by Gasteiger charge is 2.23. The molecule has 7 nitrogen and oxygen atoms in total. The Balaban J connectivity index is 1.74. The lowest BCUT2D eigenvalue weighted by Crippen LogP contribution is -2.41. The lowest BCUT2D eigenvalue weighted by atomic mass is 9.95. The van der Waals surface area contributed by atoms with Crippen LogP contribution < -0.4 is 16.6 Å². The van der Waals surface area contributed by atoms with Crippen LogP contribution >= 0.6 is 0 Å². The summed E-state index contributed by atoms with van der Waals surface area (Å²) >= 11 is 0. The number of benzene rings is 1. The summed E-state index contributed by atoms with van der Waals surface area (Å²) in [6.07, 6.45) is 12.9. The van der Waals surface area contributed by atoms with Gasteiger partial charge in [-0.25, -0.2) is 9.59 Å². The van der Waals surface area contributed by atoms with Crippen molar-refractivity contribution < 1.29 is 9.53 Å². The summed E-state index contributed by atoms with van der Waals surface area (Å²) in [5.41, 5.74) is 1.04. The molecule has 172 valence electrons. The van der Waals surface area contributed by atoms with Crippen LogP contribution in [-0.4, -0.2) is 27.8 Å². The minimum absolute atomic E-state index is 0.0429. The topological polar surface area (TPSA) is 82.3 Å². The van der Waals surface area contributed by atoms with Crippen molar-refractivity contribution >= 4 is 22.6 Å². The summed E-state index contributed by atoms with van der Waals surface area (Å²) in [5.74, 6) is -0.476. The van der Waals surface area contributed by atoms with E-state index in [9.17, 15) is 14.4 Å². The molecule has 2 aromatic rings. The number of hydrogen-bond donors (Lipinski definition) is 1. The standard InChI is InChI=1S/C25H33N3O4/c1-2-32-23(29)13-8-16-27-24(30)21-15-14-19(26-18-9-4-3-5-10-18)17-22(21)28(25(27)31)20-11-6-7-12-20/h8,13-15,17-18,20,26H,2-7,9-12,16H2,1H3. The van der Waals surface area contributed by atoms with Gasteiger partial charge in [0.05, 0.1) is 17.5 Å². The first-order chi connectivity index (χ1) is 15.6. The number of anilines is 1. The molecule has 32 heavy (non-hydrogen) atoms. The Kier molecular flexibility index (Phi) is 7.12. The predicted molar refractivity (Wildman–Crippen MR) is 126 cm³/mol. The predicted octanol–water partition coefficient (Wildman–Crippen LogP) is 4.14. The first-order valence-electron chi connectivity index (χ1n) is 12.0. The molecule has 7 heteroatoms. The maximum Gasteiger partial charge on any atom is 0.332 e. The lowest BCUT2D eigenvalue weighted by Gasteiger charge is -2.24. The number of ether oxygens (including phenoxy) is 1. The van der Waals surface area contributed by atoms with Crippen molar-refractivity contribution in [1.82, 2.24) is 9.13 Å². The van der Waals surface area contributed by atoms with E-state index in [-0.39, 0.29) is 30.4 Å². The molecule has 0 radical (unpaired) electrons. The Bertz CT molecular complexity index is 1100. The molecular formula is C25H33N3O4. The van der Waals surface area contributed by atoms with E-state index in [1.165, 1.54) is 36.0 Å². The molecule has 0 bridgehead atoms. The second kappa shape index (κ2) is 10.2. The van der Waals surface area contributed by atoms with Crippen LogP contribution in [-0.2, 0) is 16.1 Å². The molecule has 1 heterocycles. The third kappa shape index (κ3) is 4.81. The molecule has 4 rings (SSSR count). The molecule has 1 aromatic carbocycles. The number of nitrogens with zero attached hydrogens (tertiary/aromatic N) is 2. The van der Waals surface area contributed by atoms with Crippen LogP contribution in [0.15, 0.2) is 39.9 Å². The normalized spacial score (nSPS) is 17.9. The summed E-state index contributed by atoms with van der Waals surface area (Å²) in [4.78, 5) is 38.3. The number of allylic oxidation sites excluding steroid dienone is 1. The molecule has 2 saturated carbocycles. The van der Waals surface area contributed by atoms with Gasteiger partial charge in [-0.05, 0) is 50.8 Å². The zero-order valence-corrected chi connectivity index (χ0v) is 18.8. The van der Waals surface area contributed by atoms with Crippen molar-refractivity contribution in [2.45, 2.75) is 83.3 Å². The fourth-order valence-corrected chi connectivity index (χ4v) is 5.07. The third-order valence-corrected chi connectivity index (χ3v) is 6.66. The maximum atomic E-state index is 13.4. The van der Waals surface area contributed by atoms with Gasteiger partial charge in [-0.1, -0.05) is 38.2 Å². The van der Waals surface area contributed by atoms with Crippen LogP contribution in [0.25, 0.3) is 10.9 Å². The number of hydrogen-bond acceptors (Lipinski definition) is 5. The molecule has 0 saturated heterocycles. The minimum atomic E-state index is -0.476. The Morgan fingerprint density at radius 3 is 2.53 bits per heavy atom. The number of fused-ring (bicyclic) bond motifs is 1. The molecule has 2 aliphatic rings. The Morgan fingerprint density at radius 2 is 1.81 bits per heavy atom. The zero-order valence-electron chi connectivity index (χ0n) is 18.8. The molecule has 0 unspecified atom stereocenters. The van der Waals surface area contributed by atoms with Crippen LogP contribution in [0.4, 0.5) is 5.69 Å². The van der Waals surface area contributed by atoms with Crippen LogP contribution in [0.3, 0.4) is 0 Å². The number of esters is 1. The molecule has 0 amide bonds. The van der Waals surface area contributed by atoms with E-state index in [1.807, 2.05) is 22.8 Å². The van der Waals surface area contributed by atoms with Crippen LogP contribution in [0.1, 0.15) is 70.8 Å². The van der Waals surface area contributed by atoms with E-state index in [4.69, 9.17) is 4.74 Å². The lowest BCUT2D eigenvalue weighted by molar-refractivity contribution is -0.137. The van der Waals surface area contributed by atoms with E-state index in [0.29, 0.717) is 16.9 Å². The highest BCUT2D eigenvalue weighted by Crippen LogP contribution is 2.31. The average Bonchev–Trinajstić information content (AvgIpc) is 3.31. The maximum absolute atomic E-state index is 13.4. The summed E-state index contributed by atoms with van der Waals surface area (Å²) in [6.45, 7) is 2.06. The van der Waals surface area contributed by atoms with E-state index >= 15 is 0 Å². The largest absolute Gasteiger partial charge is 0.463 e. The van der Waals surface area contributed by atoms with Gasteiger partial charge in [0.15, 0.2) is 0 Å². The second-order valence-electron chi connectivity index (χ2n) is 8.87. The fraction of sp³-hybridized carbons (Fsp3) is 0.560. The van der Waals surface area contributed by atoms with Gasteiger partial charge >= 0.3 is 11.7 Å². The van der Waals surface area contributed by atoms with Crippen molar-refractivity contribution in [3.8, 4) is 0 Å². The summed E-state index contributed by atoms with van der Waals surface area (Å²) in [5, 5.41) is 4.15. The number of carbonyl (C=O) groups excluding carboxylic acids is 1. The van der Waals surface area contributed by atoms with E-state index < -0.39 is 5.97 Å². The highest BCUT2D eigenvalue weighted by molar-refractivity contribution is 5.82. The first kappa shape index (κ1) is 22.4. The Morgan fingerprint density at radius 1 is 1.09 bits per heavy atom. The van der Waals surface area contributed by atoms with E-state index in [0.717, 1.165) is 44.2 Å². The van der Waals surface area contributed by atoms with Crippen LogP contribution in [0.2, 0.25) is 0 Å². The fourth-order valence-electron chi connectivity index (χ4n) is 5.07. The quantitative estimate of drug-likeness (QED) is 0.518. The number of rotatable bonds is 7. The second-order valence-corrected chi connectivity index (χ2v) is 8.87. The molecule has 2 fully saturated rings. The smallest absolute Gasteiger partial charge is 0.332 e. The molecular weight excluding hydrogens is 406 g/mol. The summed E-state index contributed by atoms with van der Waals surface area (Å²) in [7, 11) is 0. The van der Waals surface area contributed by atoms with Gasteiger partial charge in [0.1, 0.15) is 0 Å². The molecule has 0 aliphatic heterocycles. The van der Waals surface area contributed by atoms with Gasteiger partial charge in [-0.15, -0.1) is 0 Å². The van der Waals surface area contributed by atoms with Crippen LogP contribution in [0, 0.1) is 0 Å². The van der Waals surface area contributed by atoms with Crippen molar-refractivity contribution in [3.05, 3.63) is 51.2 Å². The van der Waals surface area contributed by atoms with Gasteiger partial charge in [-0.2, -0.15) is 0 Å². The highest BCUT2D eigenvalue weighted by atomic mass is 16.5. The Labute approximate surface area is 188 Å². The molecule has 0 spiro atoms.